The molecule has 1 saturated carbocycles. The van der Waals surface area contributed by atoms with Gasteiger partial charge in [-0.2, -0.15) is 13.2 Å². The fourth-order valence-electron chi connectivity index (χ4n) is 6.34. The summed E-state index contributed by atoms with van der Waals surface area (Å²) in [7, 11) is 1.70. The molecule has 1 spiro atoms. The van der Waals surface area contributed by atoms with E-state index < -0.39 is 23.7 Å². The van der Waals surface area contributed by atoms with Crippen LogP contribution in [0.2, 0.25) is 0 Å². The van der Waals surface area contributed by atoms with Crippen LogP contribution in [-0.2, 0) is 26.3 Å². The van der Waals surface area contributed by atoms with Gasteiger partial charge in [0.2, 0.25) is 5.91 Å². The van der Waals surface area contributed by atoms with Crippen LogP contribution in [-0.4, -0.2) is 75.8 Å². The van der Waals surface area contributed by atoms with E-state index in [1.807, 2.05) is 6.08 Å². The summed E-state index contributed by atoms with van der Waals surface area (Å²) in [5.74, 6) is 1.41. The predicted octanol–water partition coefficient (Wildman–Crippen LogP) is 4.08. The first-order valence-electron chi connectivity index (χ1n) is 13.8. The fourth-order valence-corrected chi connectivity index (χ4v) is 6.34. The molecule has 3 aliphatic heterocycles. The van der Waals surface area contributed by atoms with Crippen LogP contribution < -0.4 is 10.2 Å². The molecule has 2 aromatic rings. The number of anilines is 3. The molecule has 0 aromatic carbocycles. The molecular formula is C27H31F3N8O3. The second-order valence-electron chi connectivity index (χ2n) is 10.7. The molecule has 5 heterocycles. The van der Waals surface area contributed by atoms with E-state index in [4.69, 9.17) is 14.9 Å². The lowest BCUT2D eigenvalue weighted by molar-refractivity contribution is -0.169. The van der Waals surface area contributed by atoms with Crippen LogP contribution in [0.1, 0.15) is 62.2 Å². The number of alkyl halides is 3. The Morgan fingerprint density at radius 3 is 2.63 bits per heavy atom. The number of nitrogens with zero attached hydrogens (tertiary/aromatic N) is 6. The lowest BCUT2D eigenvalue weighted by Gasteiger charge is -2.27. The molecule has 2 N–H and O–H groups in total. The van der Waals surface area contributed by atoms with Crippen molar-refractivity contribution < 1.29 is 27.4 Å². The maximum atomic E-state index is 14.1. The number of rotatable bonds is 5. The van der Waals surface area contributed by atoms with E-state index in [1.165, 1.54) is 4.90 Å². The number of amides is 1. The Bertz CT molecular complexity index is 1380. The average molecular weight is 573 g/mol. The Hall–Kier alpha value is -3.81. The number of carbonyl (C=O) groups excluding carboxylic acids is 1. The van der Waals surface area contributed by atoms with Crippen LogP contribution in [0.25, 0.3) is 5.57 Å². The number of hydrogen-bond donors (Lipinski definition) is 2. The lowest BCUT2D eigenvalue weighted by atomic mass is 9.80. The second kappa shape index (κ2) is 10.5. The van der Waals surface area contributed by atoms with Gasteiger partial charge in [-0.15, -0.1) is 0 Å². The Morgan fingerprint density at radius 2 is 1.98 bits per heavy atom. The van der Waals surface area contributed by atoms with Gasteiger partial charge in [0.1, 0.15) is 17.7 Å². The summed E-state index contributed by atoms with van der Waals surface area (Å²) in [5.41, 5.74) is 1.34. The van der Waals surface area contributed by atoms with Gasteiger partial charge in [-0.25, -0.2) is 19.9 Å². The molecule has 0 bridgehead atoms. The van der Waals surface area contributed by atoms with Crippen molar-refractivity contribution in [3.05, 3.63) is 35.7 Å². The van der Waals surface area contributed by atoms with Gasteiger partial charge in [0.15, 0.2) is 18.3 Å². The second-order valence-corrected chi connectivity index (χ2v) is 10.7. The fraction of sp³-hybridized carbons (Fsp3) is 0.556. The van der Waals surface area contributed by atoms with Crippen LogP contribution in [0.4, 0.5) is 30.5 Å². The van der Waals surface area contributed by atoms with Crippen molar-refractivity contribution in [2.75, 3.05) is 37.0 Å². The molecule has 14 heteroatoms. The number of hydrogen-bond acceptors (Lipinski definition) is 9. The highest BCUT2D eigenvalue weighted by molar-refractivity contribution is 6.13. The van der Waals surface area contributed by atoms with Gasteiger partial charge in [-0.3, -0.25) is 15.1 Å². The van der Waals surface area contributed by atoms with Crippen molar-refractivity contribution in [3.8, 4) is 0 Å². The maximum Gasteiger partial charge on any atom is 0.408 e. The largest absolute Gasteiger partial charge is 0.457 e. The molecule has 1 amide bonds. The number of likely N-dealkylation sites (tertiary alicyclic amines) is 1. The first-order valence-corrected chi connectivity index (χ1v) is 13.8. The molecule has 2 aromatic heterocycles. The molecule has 41 heavy (non-hydrogen) atoms. The third-order valence-electron chi connectivity index (χ3n) is 8.31. The van der Waals surface area contributed by atoms with Crippen molar-refractivity contribution in [1.82, 2.24) is 24.8 Å². The normalized spacial score (nSPS) is 21.8. The summed E-state index contributed by atoms with van der Waals surface area (Å²) < 4.78 is 51.1. The predicted molar refractivity (Wildman–Crippen MR) is 143 cm³/mol. The maximum absolute atomic E-state index is 14.1. The lowest BCUT2D eigenvalue weighted by Crippen LogP contribution is -2.45. The molecule has 0 radical (unpaired) electrons. The third-order valence-corrected chi connectivity index (χ3v) is 8.31. The van der Waals surface area contributed by atoms with Crippen LogP contribution in [0, 0.1) is 5.41 Å². The van der Waals surface area contributed by atoms with E-state index in [0.29, 0.717) is 67.6 Å². The average Bonchev–Trinajstić information content (AvgIpc) is 3.72. The first-order chi connectivity index (χ1) is 19.7. The SMILES string of the molecule is CNc1nc(COC(=N)N2CCC[C@@H]2C(F)(F)F)nc2c1C1(CCCC1)C(=O)N2c1cnc(C2=CCOCC2)nc1. The van der Waals surface area contributed by atoms with Gasteiger partial charge in [-0.05, 0) is 37.7 Å². The Morgan fingerprint density at radius 1 is 1.22 bits per heavy atom. The monoisotopic (exact) mass is 572 g/mol. The van der Waals surface area contributed by atoms with Gasteiger partial charge in [0.25, 0.3) is 6.02 Å². The summed E-state index contributed by atoms with van der Waals surface area (Å²) in [4.78, 5) is 34.8. The number of aromatic nitrogens is 4. The van der Waals surface area contributed by atoms with Crippen molar-refractivity contribution in [2.24, 2.45) is 0 Å². The minimum absolute atomic E-state index is 0.0838. The van der Waals surface area contributed by atoms with Crippen molar-refractivity contribution in [3.63, 3.8) is 0 Å². The summed E-state index contributed by atoms with van der Waals surface area (Å²) in [6.45, 7) is 0.850. The molecule has 1 aliphatic carbocycles. The topological polar surface area (TPSA) is 129 Å². The number of nitrogens with one attached hydrogen (secondary N) is 2. The van der Waals surface area contributed by atoms with Crippen LogP contribution >= 0.6 is 0 Å². The minimum Gasteiger partial charge on any atom is -0.457 e. The van der Waals surface area contributed by atoms with Crippen molar-refractivity contribution in [2.45, 2.75) is 69.2 Å². The Labute approximate surface area is 234 Å². The quantitative estimate of drug-likeness (QED) is 0.402. The van der Waals surface area contributed by atoms with E-state index in [-0.39, 0.29) is 31.3 Å². The van der Waals surface area contributed by atoms with Gasteiger partial charge >= 0.3 is 6.18 Å². The number of ether oxygens (including phenoxy) is 2. The molecule has 2 fully saturated rings. The minimum atomic E-state index is -4.45. The van der Waals surface area contributed by atoms with Crippen molar-refractivity contribution >= 4 is 34.8 Å². The van der Waals surface area contributed by atoms with Gasteiger partial charge < -0.3 is 19.7 Å². The Kier molecular flexibility index (Phi) is 7.04. The van der Waals surface area contributed by atoms with E-state index in [9.17, 15) is 18.0 Å². The zero-order valence-electron chi connectivity index (χ0n) is 22.6. The van der Waals surface area contributed by atoms with Crippen LogP contribution in [0.3, 0.4) is 0 Å². The summed E-state index contributed by atoms with van der Waals surface area (Å²) in [6.07, 6.45) is 4.69. The summed E-state index contributed by atoms with van der Waals surface area (Å²) in [6, 6.07) is -2.33. The van der Waals surface area contributed by atoms with E-state index in [1.54, 1.807) is 19.4 Å². The molecule has 4 aliphatic rings. The highest BCUT2D eigenvalue weighted by atomic mass is 19.4. The van der Waals surface area contributed by atoms with Gasteiger partial charge in [0, 0.05) is 13.6 Å². The molecule has 0 unspecified atom stereocenters. The van der Waals surface area contributed by atoms with Gasteiger partial charge in [0.05, 0.1) is 42.3 Å². The Balaban J connectivity index is 1.32. The standard InChI is InChI=1S/C27H31F3N8O3/c1-32-22-20-23(36-19(35-22)15-41-25(31)37-10-4-5-18(37)27(28,29)30)38(24(39)26(20)8-2-3-9-26)17-13-33-21(34-14-17)16-6-11-40-12-7-16/h6,13-14,18,31H,2-5,7-12,15H2,1H3,(H,32,35,36)/t18-/m1/s1. The van der Waals surface area contributed by atoms with Crippen LogP contribution in [0.15, 0.2) is 18.5 Å². The van der Waals surface area contributed by atoms with Gasteiger partial charge in [-0.1, -0.05) is 18.9 Å². The van der Waals surface area contributed by atoms with E-state index >= 15 is 0 Å². The number of halogens is 3. The van der Waals surface area contributed by atoms with Crippen LogP contribution in [0.5, 0.6) is 0 Å². The molecule has 1 atom stereocenters. The smallest absolute Gasteiger partial charge is 0.408 e. The first kappa shape index (κ1) is 27.4. The van der Waals surface area contributed by atoms with Crippen molar-refractivity contribution in [1.29, 1.82) is 5.41 Å². The molecule has 218 valence electrons. The van der Waals surface area contributed by atoms with E-state index in [2.05, 4.69) is 25.3 Å². The molecule has 11 nitrogen and oxygen atoms in total. The highest BCUT2D eigenvalue weighted by Crippen LogP contribution is 2.54. The summed E-state index contributed by atoms with van der Waals surface area (Å²) in [5, 5.41) is 11.3. The molecule has 1 saturated heterocycles. The zero-order valence-corrected chi connectivity index (χ0v) is 22.6. The number of carbonyl (C=O) groups is 1. The summed E-state index contributed by atoms with van der Waals surface area (Å²) >= 11 is 0. The van der Waals surface area contributed by atoms with E-state index in [0.717, 1.165) is 23.3 Å². The number of fused-ring (bicyclic) bond motifs is 2. The zero-order chi connectivity index (χ0) is 28.8. The molecular weight excluding hydrogens is 541 g/mol. The third kappa shape index (κ3) is 4.77. The highest BCUT2D eigenvalue weighted by Gasteiger charge is 2.56. The number of amidine groups is 1. The molecule has 6 rings (SSSR count).